The molecule has 0 radical (unpaired) electrons. The molecule has 102 valence electrons. The van der Waals surface area contributed by atoms with E-state index < -0.39 is 0 Å². The van der Waals surface area contributed by atoms with Crippen molar-refractivity contribution in [1.82, 2.24) is 15.0 Å². The summed E-state index contributed by atoms with van der Waals surface area (Å²) in [5.74, 6) is 7.54. The molecule has 0 atom stereocenters. The van der Waals surface area contributed by atoms with E-state index in [2.05, 4.69) is 36.3 Å². The number of nitrogens with two attached hydrogens (primary N) is 1. The second-order valence-electron chi connectivity index (χ2n) is 3.85. The minimum absolute atomic E-state index is 0.637. The highest BCUT2D eigenvalue weighted by Crippen LogP contribution is 2.29. The average Bonchev–Trinajstić information content (AvgIpc) is 2.94. The lowest BCUT2D eigenvalue weighted by Gasteiger charge is -2.05. The first-order valence-electron chi connectivity index (χ1n) is 5.72. The van der Waals surface area contributed by atoms with Crippen molar-refractivity contribution in [2.24, 2.45) is 5.84 Å². The van der Waals surface area contributed by atoms with Crippen LogP contribution >= 0.6 is 39.0 Å². The molecule has 3 heterocycles. The number of pyridine rings is 1. The quantitative estimate of drug-likeness (QED) is 0.417. The third-order valence-electron chi connectivity index (χ3n) is 2.57. The number of hydrazine groups is 1. The van der Waals surface area contributed by atoms with Crippen molar-refractivity contribution in [2.75, 3.05) is 5.43 Å². The van der Waals surface area contributed by atoms with E-state index in [-0.39, 0.29) is 0 Å². The van der Waals surface area contributed by atoms with Gasteiger partial charge in [-0.25, -0.2) is 20.8 Å². The number of nitrogens with one attached hydrogen (secondary N) is 1. The lowest BCUT2D eigenvalue weighted by Crippen LogP contribution is -2.10. The molecular formula is C12H10BrN5S2. The van der Waals surface area contributed by atoms with Crippen LogP contribution in [0, 0.1) is 0 Å². The number of hydrogen-bond acceptors (Lipinski definition) is 7. The maximum Gasteiger partial charge on any atom is 0.152 e. The van der Waals surface area contributed by atoms with E-state index in [1.54, 1.807) is 29.3 Å². The molecule has 3 aromatic heterocycles. The normalized spacial score (nSPS) is 10.9. The van der Waals surface area contributed by atoms with Gasteiger partial charge in [-0.3, -0.25) is 0 Å². The van der Waals surface area contributed by atoms with E-state index in [0.717, 1.165) is 25.5 Å². The third-order valence-corrected chi connectivity index (χ3v) is 5.28. The lowest BCUT2D eigenvalue weighted by atomic mass is 10.4. The highest BCUT2D eigenvalue weighted by atomic mass is 79.9. The van der Waals surface area contributed by atoms with E-state index in [9.17, 15) is 0 Å². The molecule has 0 aromatic carbocycles. The maximum atomic E-state index is 5.51. The molecule has 3 N–H and O–H groups in total. The van der Waals surface area contributed by atoms with Crippen LogP contribution in [-0.4, -0.2) is 15.0 Å². The molecule has 3 aromatic rings. The molecule has 0 aliphatic heterocycles. The van der Waals surface area contributed by atoms with Gasteiger partial charge in [0.25, 0.3) is 0 Å². The molecule has 5 nitrogen and oxygen atoms in total. The summed E-state index contributed by atoms with van der Waals surface area (Å²) in [6.45, 7) is 0. The van der Waals surface area contributed by atoms with Gasteiger partial charge in [-0.15, -0.1) is 11.3 Å². The smallest absolute Gasteiger partial charge is 0.152 e. The van der Waals surface area contributed by atoms with Crippen LogP contribution in [0.3, 0.4) is 0 Å². The largest absolute Gasteiger partial charge is 0.308 e. The van der Waals surface area contributed by atoms with Crippen LogP contribution in [0.15, 0.2) is 39.3 Å². The summed E-state index contributed by atoms with van der Waals surface area (Å²) in [4.78, 5) is 14.2. The van der Waals surface area contributed by atoms with Gasteiger partial charge in [0.05, 0.1) is 11.1 Å². The number of nitrogens with zero attached hydrogens (tertiary/aromatic N) is 3. The summed E-state index contributed by atoms with van der Waals surface area (Å²) in [5, 5.41) is 3.85. The first kappa shape index (κ1) is 13.7. The molecule has 0 bridgehead atoms. The molecule has 20 heavy (non-hydrogen) atoms. The molecule has 0 unspecified atom stereocenters. The topological polar surface area (TPSA) is 76.7 Å². The summed E-state index contributed by atoms with van der Waals surface area (Å²) in [6, 6.07) is 5.81. The molecule has 0 amide bonds. The second kappa shape index (κ2) is 6.04. The van der Waals surface area contributed by atoms with Crippen molar-refractivity contribution in [3.63, 3.8) is 0 Å². The standard InChI is InChI=1S/C12H10BrN5S2/c13-8-2-1-4-15-12(8)20-6-9-16-10(18-14)7-3-5-19-11(7)17-9/h1-5H,6,14H2,(H,16,17,18). The lowest BCUT2D eigenvalue weighted by molar-refractivity contribution is 1.05. The van der Waals surface area contributed by atoms with Crippen LogP contribution in [0.2, 0.25) is 0 Å². The number of aromatic nitrogens is 3. The number of anilines is 1. The van der Waals surface area contributed by atoms with Crippen LogP contribution in [0.4, 0.5) is 5.82 Å². The second-order valence-corrected chi connectivity index (χ2v) is 6.56. The maximum absolute atomic E-state index is 5.51. The number of rotatable bonds is 4. The highest BCUT2D eigenvalue weighted by molar-refractivity contribution is 9.10. The molecule has 0 aliphatic rings. The minimum Gasteiger partial charge on any atom is -0.308 e. The zero-order valence-corrected chi connectivity index (χ0v) is 13.4. The van der Waals surface area contributed by atoms with Crippen molar-refractivity contribution >= 4 is 55.1 Å². The number of fused-ring (bicyclic) bond motifs is 1. The first-order valence-corrected chi connectivity index (χ1v) is 8.38. The van der Waals surface area contributed by atoms with E-state index >= 15 is 0 Å². The Morgan fingerprint density at radius 2 is 2.25 bits per heavy atom. The van der Waals surface area contributed by atoms with Crippen molar-refractivity contribution < 1.29 is 0 Å². The predicted molar refractivity (Wildman–Crippen MR) is 86.7 cm³/mol. The Morgan fingerprint density at radius 1 is 1.35 bits per heavy atom. The molecule has 0 aliphatic carbocycles. The first-order chi connectivity index (χ1) is 9.78. The van der Waals surface area contributed by atoms with Crippen molar-refractivity contribution in [1.29, 1.82) is 0 Å². The van der Waals surface area contributed by atoms with Gasteiger partial charge in [-0.05, 0) is 39.5 Å². The zero-order valence-electron chi connectivity index (χ0n) is 10.2. The van der Waals surface area contributed by atoms with Crippen LogP contribution in [-0.2, 0) is 5.75 Å². The number of hydrogen-bond donors (Lipinski definition) is 2. The van der Waals surface area contributed by atoms with Gasteiger partial charge >= 0.3 is 0 Å². The van der Waals surface area contributed by atoms with E-state index in [4.69, 9.17) is 5.84 Å². The third kappa shape index (κ3) is 2.78. The monoisotopic (exact) mass is 367 g/mol. The van der Waals surface area contributed by atoms with Crippen LogP contribution in [0.5, 0.6) is 0 Å². The Morgan fingerprint density at radius 3 is 3.05 bits per heavy atom. The summed E-state index contributed by atoms with van der Waals surface area (Å²) < 4.78 is 0.972. The molecule has 0 spiro atoms. The van der Waals surface area contributed by atoms with Gasteiger partial charge in [0.15, 0.2) is 5.82 Å². The van der Waals surface area contributed by atoms with Crippen molar-refractivity contribution in [3.8, 4) is 0 Å². The Bertz CT molecular complexity index is 746. The van der Waals surface area contributed by atoms with E-state index in [1.807, 2.05) is 23.6 Å². The molecule has 0 saturated heterocycles. The van der Waals surface area contributed by atoms with Gasteiger partial charge < -0.3 is 5.43 Å². The van der Waals surface area contributed by atoms with Gasteiger partial charge in [-0.1, -0.05) is 11.8 Å². The number of halogens is 1. The summed E-state index contributed by atoms with van der Waals surface area (Å²) >= 11 is 6.64. The van der Waals surface area contributed by atoms with Crippen molar-refractivity contribution in [3.05, 3.63) is 40.1 Å². The van der Waals surface area contributed by atoms with Crippen molar-refractivity contribution in [2.45, 2.75) is 10.8 Å². The van der Waals surface area contributed by atoms with Gasteiger partial charge in [-0.2, -0.15) is 0 Å². The fraction of sp³-hybridized carbons (Fsp3) is 0.0833. The SMILES string of the molecule is NNc1nc(CSc2ncccc2Br)nc2sccc12. The number of thiophene rings is 1. The molecule has 3 rings (SSSR count). The van der Waals surface area contributed by atoms with Crippen LogP contribution < -0.4 is 11.3 Å². The Hall–Kier alpha value is -1.22. The molecule has 0 fully saturated rings. The fourth-order valence-corrected chi connectivity index (χ4v) is 3.80. The number of nitrogen functional groups attached to an aromatic ring is 1. The fourth-order valence-electron chi connectivity index (χ4n) is 1.68. The Balaban J connectivity index is 1.86. The van der Waals surface area contributed by atoms with Gasteiger partial charge in [0.1, 0.15) is 15.7 Å². The molecule has 0 saturated carbocycles. The zero-order chi connectivity index (χ0) is 13.9. The predicted octanol–water partition coefficient (Wildman–Crippen LogP) is 3.43. The van der Waals surface area contributed by atoms with Gasteiger partial charge in [0, 0.05) is 10.7 Å². The molecule has 8 heteroatoms. The number of thioether (sulfide) groups is 1. The summed E-state index contributed by atoms with van der Waals surface area (Å²) in [6.07, 6.45) is 1.77. The Labute approximate surface area is 132 Å². The van der Waals surface area contributed by atoms with E-state index in [0.29, 0.717) is 11.6 Å². The minimum atomic E-state index is 0.637. The average molecular weight is 368 g/mol. The summed E-state index contributed by atoms with van der Waals surface area (Å²) in [5.41, 5.74) is 2.63. The highest BCUT2D eigenvalue weighted by Gasteiger charge is 2.09. The van der Waals surface area contributed by atoms with Crippen LogP contribution in [0.1, 0.15) is 5.82 Å². The van der Waals surface area contributed by atoms with Gasteiger partial charge in [0.2, 0.25) is 0 Å². The molecular weight excluding hydrogens is 358 g/mol. The Kier molecular flexibility index (Phi) is 4.16. The van der Waals surface area contributed by atoms with E-state index in [1.165, 1.54) is 0 Å². The van der Waals surface area contributed by atoms with Crippen LogP contribution in [0.25, 0.3) is 10.2 Å². The summed E-state index contributed by atoms with van der Waals surface area (Å²) in [7, 11) is 0.